The molecule has 0 aliphatic rings. The molecule has 2 nitrogen and oxygen atoms in total. The van der Waals surface area contributed by atoms with Crippen molar-refractivity contribution >= 4 is 0 Å². The van der Waals surface area contributed by atoms with Gasteiger partial charge in [-0.25, -0.2) is 4.39 Å². The second-order valence-electron chi connectivity index (χ2n) is 3.07. The van der Waals surface area contributed by atoms with Gasteiger partial charge < -0.3 is 10.8 Å². The van der Waals surface area contributed by atoms with Gasteiger partial charge in [0, 0.05) is 0 Å². The summed E-state index contributed by atoms with van der Waals surface area (Å²) in [6.45, 7) is 1.39. The molecule has 13 heavy (non-hydrogen) atoms. The van der Waals surface area contributed by atoms with Crippen molar-refractivity contribution in [1.82, 2.24) is 0 Å². The molecule has 2 atom stereocenters. The first-order chi connectivity index (χ1) is 6.15. The van der Waals surface area contributed by atoms with Crippen LogP contribution in [-0.2, 0) is 0 Å². The Morgan fingerprint density at radius 2 is 1.77 bits per heavy atom. The summed E-state index contributed by atoms with van der Waals surface area (Å²) in [5, 5.41) is 8.77. The first-order valence-corrected chi connectivity index (χ1v) is 4.25. The summed E-state index contributed by atoms with van der Waals surface area (Å²) in [5.74, 6) is 0. The Hall–Kier alpha value is -0.930. The number of halogens is 1. The third kappa shape index (κ3) is 2.50. The van der Waals surface area contributed by atoms with E-state index >= 15 is 0 Å². The van der Waals surface area contributed by atoms with Crippen molar-refractivity contribution in [2.24, 2.45) is 5.73 Å². The summed E-state index contributed by atoms with van der Waals surface area (Å²) < 4.78 is 12.8. The summed E-state index contributed by atoms with van der Waals surface area (Å²) in [6, 6.07) is 6.49. The SMILES string of the molecule is CC(F)c1ccc(C(N)CO)cc1. The summed E-state index contributed by atoms with van der Waals surface area (Å²) >= 11 is 0. The van der Waals surface area contributed by atoms with Crippen molar-refractivity contribution in [3.63, 3.8) is 0 Å². The summed E-state index contributed by atoms with van der Waals surface area (Å²) in [6.07, 6.45) is -0.959. The molecular formula is C10H14FNO. The molecule has 0 amide bonds. The highest BCUT2D eigenvalue weighted by molar-refractivity contribution is 5.25. The van der Waals surface area contributed by atoms with Crippen LogP contribution in [0.5, 0.6) is 0 Å². The number of alkyl halides is 1. The van der Waals surface area contributed by atoms with Crippen molar-refractivity contribution in [2.75, 3.05) is 6.61 Å². The average molecular weight is 183 g/mol. The lowest BCUT2D eigenvalue weighted by Gasteiger charge is -2.09. The van der Waals surface area contributed by atoms with E-state index in [1.807, 2.05) is 0 Å². The minimum Gasteiger partial charge on any atom is -0.394 e. The van der Waals surface area contributed by atoms with E-state index in [-0.39, 0.29) is 12.6 Å². The molecule has 3 N–H and O–H groups in total. The van der Waals surface area contributed by atoms with Crippen molar-refractivity contribution in [3.05, 3.63) is 35.4 Å². The highest BCUT2D eigenvalue weighted by Gasteiger charge is 2.06. The molecule has 0 aromatic heterocycles. The molecule has 0 radical (unpaired) electrons. The summed E-state index contributed by atoms with van der Waals surface area (Å²) in [5.41, 5.74) is 7.04. The van der Waals surface area contributed by atoms with Crippen LogP contribution in [0.25, 0.3) is 0 Å². The van der Waals surface area contributed by atoms with Gasteiger partial charge >= 0.3 is 0 Å². The molecule has 0 saturated heterocycles. The molecule has 2 unspecified atom stereocenters. The number of hydrogen-bond donors (Lipinski definition) is 2. The lowest BCUT2D eigenvalue weighted by molar-refractivity contribution is 0.268. The molecule has 0 fully saturated rings. The van der Waals surface area contributed by atoms with E-state index in [0.29, 0.717) is 5.56 Å². The monoisotopic (exact) mass is 183 g/mol. The molecule has 0 heterocycles. The van der Waals surface area contributed by atoms with E-state index < -0.39 is 6.17 Å². The number of aliphatic hydroxyl groups excluding tert-OH is 1. The van der Waals surface area contributed by atoms with Crippen molar-refractivity contribution < 1.29 is 9.50 Å². The van der Waals surface area contributed by atoms with Gasteiger partial charge in [-0.15, -0.1) is 0 Å². The molecule has 1 aromatic carbocycles. The predicted octanol–water partition coefficient (Wildman–Crippen LogP) is 1.71. The van der Waals surface area contributed by atoms with Crippen LogP contribution in [0.4, 0.5) is 4.39 Å². The largest absolute Gasteiger partial charge is 0.394 e. The number of nitrogens with two attached hydrogens (primary N) is 1. The standard InChI is InChI=1S/C10H14FNO/c1-7(11)8-2-4-9(5-3-8)10(12)6-13/h2-5,7,10,13H,6,12H2,1H3. The Balaban J connectivity index is 2.81. The van der Waals surface area contributed by atoms with Crippen LogP contribution in [0, 0.1) is 0 Å². The molecule has 1 aromatic rings. The fraction of sp³-hybridized carbons (Fsp3) is 0.400. The first kappa shape index (κ1) is 10.2. The minimum atomic E-state index is -0.959. The van der Waals surface area contributed by atoms with Crippen LogP contribution < -0.4 is 5.73 Å². The summed E-state index contributed by atoms with van der Waals surface area (Å²) in [7, 11) is 0. The van der Waals surface area contributed by atoms with Gasteiger partial charge in [0.2, 0.25) is 0 Å². The maximum Gasteiger partial charge on any atom is 0.122 e. The second-order valence-corrected chi connectivity index (χ2v) is 3.07. The molecule has 72 valence electrons. The lowest BCUT2D eigenvalue weighted by Crippen LogP contribution is -2.14. The molecule has 1 rings (SSSR count). The fourth-order valence-corrected chi connectivity index (χ4v) is 1.11. The number of benzene rings is 1. The van der Waals surface area contributed by atoms with Gasteiger partial charge in [0.15, 0.2) is 0 Å². The van der Waals surface area contributed by atoms with Gasteiger partial charge in [-0.05, 0) is 18.1 Å². The van der Waals surface area contributed by atoms with Crippen molar-refractivity contribution in [2.45, 2.75) is 19.1 Å². The molecule has 0 aliphatic heterocycles. The van der Waals surface area contributed by atoms with Gasteiger partial charge in [-0.2, -0.15) is 0 Å². The Morgan fingerprint density at radius 3 is 2.15 bits per heavy atom. The van der Waals surface area contributed by atoms with Gasteiger partial charge in [-0.1, -0.05) is 24.3 Å². The Morgan fingerprint density at radius 1 is 1.31 bits per heavy atom. The van der Waals surface area contributed by atoms with Crippen LogP contribution in [0.1, 0.15) is 30.3 Å². The lowest BCUT2D eigenvalue weighted by atomic mass is 10.0. The van der Waals surface area contributed by atoms with Crippen LogP contribution in [-0.4, -0.2) is 11.7 Å². The zero-order valence-electron chi connectivity index (χ0n) is 7.57. The Bertz CT molecular complexity index is 258. The predicted molar refractivity (Wildman–Crippen MR) is 50.0 cm³/mol. The van der Waals surface area contributed by atoms with Crippen LogP contribution >= 0.6 is 0 Å². The first-order valence-electron chi connectivity index (χ1n) is 4.25. The summed E-state index contributed by atoms with van der Waals surface area (Å²) in [4.78, 5) is 0. The number of rotatable bonds is 3. The number of aliphatic hydroxyl groups is 1. The van der Waals surface area contributed by atoms with E-state index in [2.05, 4.69) is 0 Å². The molecule has 3 heteroatoms. The fourth-order valence-electron chi connectivity index (χ4n) is 1.11. The van der Waals surface area contributed by atoms with E-state index in [1.165, 1.54) is 6.92 Å². The quantitative estimate of drug-likeness (QED) is 0.749. The molecule has 0 aliphatic carbocycles. The average Bonchev–Trinajstić information content (AvgIpc) is 2.17. The topological polar surface area (TPSA) is 46.2 Å². The van der Waals surface area contributed by atoms with Gasteiger partial charge in [0.25, 0.3) is 0 Å². The van der Waals surface area contributed by atoms with E-state index in [0.717, 1.165) is 5.56 Å². The van der Waals surface area contributed by atoms with Crippen molar-refractivity contribution in [1.29, 1.82) is 0 Å². The van der Waals surface area contributed by atoms with E-state index in [1.54, 1.807) is 24.3 Å². The second kappa shape index (κ2) is 4.35. The van der Waals surface area contributed by atoms with Crippen LogP contribution in [0.15, 0.2) is 24.3 Å². The molecule has 0 bridgehead atoms. The minimum absolute atomic E-state index is 0.0927. The van der Waals surface area contributed by atoms with Crippen molar-refractivity contribution in [3.8, 4) is 0 Å². The maximum absolute atomic E-state index is 12.8. The zero-order chi connectivity index (χ0) is 9.84. The van der Waals surface area contributed by atoms with Crippen LogP contribution in [0.3, 0.4) is 0 Å². The highest BCUT2D eigenvalue weighted by atomic mass is 19.1. The third-order valence-corrected chi connectivity index (χ3v) is 2.02. The molecular weight excluding hydrogens is 169 g/mol. The smallest absolute Gasteiger partial charge is 0.122 e. The van der Waals surface area contributed by atoms with E-state index in [9.17, 15) is 4.39 Å². The van der Waals surface area contributed by atoms with Gasteiger partial charge in [0.1, 0.15) is 6.17 Å². The van der Waals surface area contributed by atoms with E-state index in [4.69, 9.17) is 10.8 Å². The normalized spacial score (nSPS) is 15.4. The van der Waals surface area contributed by atoms with Crippen LogP contribution in [0.2, 0.25) is 0 Å². The maximum atomic E-state index is 12.8. The zero-order valence-corrected chi connectivity index (χ0v) is 7.57. The Labute approximate surface area is 77.2 Å². The van der Waals surface area contributed by atoms with Gasteiger partial charge in [0.05, 0.1) is 12.6 Å². The van der Waals surface area contributed by atoms with Gasteiger partial charge in [-0.3, -0.25) is 0 Å². The highest BCUT2D eigenvalue weighted by Crippen LogP contribution is 2.18. The molecule has 0 saturated carbocycles. The number of hydrogen-bond acceptors (Lipinski definition) is 2. The Kier molecular flexibility index (Phi) is 3.39. The third-order valence-electron chi connectivity index (χ3n) is 2.02. The molecule has 0 spiro atoms.